The van der Waals surface area contributed by atoms with Gasteiger partial charge in [-0.3, -0.25) is 0 Å². The minimum Gasteiger partial charge on any atom is -0.465 e. The molecular formula is C9H6ClNO2S. The van der Waals surface area contributed by atoms with E-state index in [1.54, 1.807) is 6.07 Å². The molecule has 1 aromatic rings. The van der Waals surface area contributed by atoms with E-state index in [-0.39, 0.29) is 16.1 Å². The average Bonchev–Trinajstić information content (AvgIpc) is 2.19. The minimum absolute atomic E-state index is 0.0889. The van der Waals surface area contributed by atoms with Crippen molar-refractivity contribution in [1.82, 2.24) is 0 Å². The zero-order valence-electron chi connectivity index (χ0n) is 7.24. The summed E-state index contributed by atoms with van der Waals surface area (Å²) in [5.41, 5.74) is 0.192. The van der Waals surface area contributed by atoms with Crippen molar-refractivity contribution in [2.75, 3.05) is 7.11 Å². The molecule has 0 unspecified atom stereocenters. The Morgan fingerprint density at radius 1 is 1.64 bits per heavy atom. The van der Waals surface area contributed by atoms with Crippen molar-refractivity contribution in [2.24, 2.45) is 0 Å². The average molecular weight is 228 g/mol. The van der Waals surface area contributed by atoms with Crippen molar-refractivity contribution in [3.8, 4) is 6.07 Å². The number of halogens is 1. The fourth-order valence-electron chi connectivity index (χ4n) is 0.984. The van der Waals surface area contributed by atoms with Crippen LogP contribution in [-0.4, -0.2) is 13.1 Å². The fraction of sp³-hybridized carbons (Fsp3) is 0.111. The largest absolute Gasteiger partial charge is 0.465 e. The molecule has 0 spiro atoms. The molecule has 0 aliphatic heterocycles. The van der Waals surface area contributed by atoms with Crippen LogP contribution < -0.4 is 0 Å². The molecule has 0 amide bonds. The minimum atomic E-state index is -0.617. The first kappa shape index (κ1) is 10.9. The van der Waals surface area contributed by atoms with E-state index in [1.807, 2.05) is 6.07 Å². The Labute approximate surface area is 91.7 Å². The first-order chi connectivity index (χ1) is 6.61. The third-order valence-electron chi connectivity index (χ3n) is 1.63. The number of nitrogens with zero attached hydrogens (tertiary/aromatic N) is 1. The highest BCUT2D eigenvalue weighted by atomic mass is 35.5. The summed E-state index contributed by atoms with van der Waals surface area (Å²) in [5, 5.41) is 9.01. The first-order valence-corrected chi connectivity index (χ1v) is 4.44. The third kappa shape index (κ3) is 1.84. The van der Waals surface area contributed by atoms with Crippen LogP contribution in [-0.2, 0) is 4.74 Å². The molecule has 0 aromatic heterocycles. The first-order valence-electron chi connectivity index (χ1n) is 3.61. The van der Waals surface area contributed by atoms with Crippen molar-refractivity contribution in [1.29, 1.82) is 5.26 Å². The van der Waals surface area contributed by atoms with Crippen molar-refractivity contribution in [3.05, 3.63) is 28.3 Å². The Morgan fingerprint density at radius 3 is 2.79 bits per heavy atom. The van der Waals surface area contributed by atoms with Gasteiger partial charge in [0.2, 0.25) is 0 Å². The number of benzene rings is 1. The summed E-state index contributed by atoms with van der Waals surface area (Å²) in [6.45, 7) is 0. The highest BCUT2D eigenvalue weighted by Crippen LogP contribution is 2.25. The number of carbonyl (C=O) groups excluding carboxylic acids is 1. The van der Waals surface area contributed by atoms with Gasteiger partial charge in [0, 0.05) is 4.90 Å². The highest BCUT2D eigenvalue weighted by molar-refractivity contribution is 7.80. The number of nitriles is 1. The standard InChI is InChI=1S/C9H6ClNO2S/c1-13-9(12)8-5(4-11)6(10)2-3-7(8)14/h2-3,14H,1H3. The summed E-state index contributed by atoms with van der Waals surface area (Å²) >= 11 is 9.79. The van der Waals surface area contributed by atoms with Crippen molar-refractivity contribution in [2.45, 2.75) is 4.90 Å². The fourth-order valence-corrected chi connectivity index (χ4v) is 1.46. The van der Waals surface area contributed by atoms with E-state index in [0.717, 1.165) is 0 Å². The SMILES string of the molecule is COC(=O)c1c(S)ccc(Cl)c1C#N. The van der Waals surface area contributed by atoms with Gasteiger partial charge in [-0.05, 0) is 12.1 Å². The predicted octanol–water partition coefficient (Wildman–Crippen LogP) is 2.29. The zero-order chi connectivity index (χ0) is 10.7. The van der Waals surface area contributed by atoms with Crippen LogP contribution in [0.15, 0.2) is 17.0 Å². The molecule has 0 aliphatic carbocycles. The maximum absolute atomic E-state index is 11.3. The smallest absolute Gasteiger partial charge is 0.340 e. The Bertz CT molecular complexity index is 426. The Morgan fingerprint density at radius 2 is 2.29 bits per heavy atom. The second-order valence-corrected chi connectivity index (χ2v) is 3.31. The summed E-state index contributed by atoms with van der Waals surface area (Å²) in [6.07, 6.45) is 0. The normalized spacial score (nSPS) is 9.29. The number of thiol groups is 1. The summed E-state index contributed by atoms with van der Waals surface area (Å²) in [6, 6.07) is 4.89. The van der Waals surface area contributed by atoms with Crippen LogP contribution in [0.2, 0.25) is 5.02 Å². The number of carbonyl (C=O) groups is 1. The van der Waals surface area contributed by atoms with E-state index in [0.29, 0.717) is 4.90 Å². The number of ether oxygens (including phenoxy) is 1. The molecule has 5 heteroatoms. The van der Waals surface area contributed by atoms with E-state index >= 15 is 0 Å². The van der Waals surface area contributed by atoms with Crippen molar-refractivity contribution >= 4 is 30.2 Å². The molecule has 0 saturated heterocycles. The van der Waals surface area contributed by atoms with Gasteiger partial charge in [0.15, 0.2) is 0 Å². The van der Waals surface area contributed by atoms with E-state index < -0.39 is 5.97 Å². The van der Waals surface area contributed by atoms with Crippen LogP contribution in [0, 0.1) is 11.3 Å². The van der Waals surface area contributed by atoms with Crippen LogP contribution in [0.5, 0.6) is 0 Å². The second-order valence-electron chi connectivity index (χ2n) is 2.42. The van der Waals surface area contributed by atoms with Crippen molar-refractivity contribution < 1.29 is 9.53 Å². The molecule has 0 bridgehead atoms. The molecule has 0 aliphatic rings. The van der Waals surface area contributed by atoms with Gasteiger partial charge in [-0.25, -0.2) is 4.79 Å². The molecule has 1 aromatic carbocycles. The molecule has 0 radical (unpaired) electrons. The third-order valence-corrected chi connectivity index (χ3v) is 2.32. The maximum atomic E-state index is 11.3. The number of hydrogen-bond acceptors (Lipinski definition) is 4. The molecule has 0 saturated carbocycles. The van der Waals surface area contributed by atoms with Crippen LogP contribution in [0.3, 0.4) is 0 Å². The molecule has 14 heavy (non-hydrogen) atoms. The quantitative estimate of drug-likeness (QED) is 0.592. The molecule has 0 fully saturated rings. The summed E-state index contributed by atoms with van der Waals surface area (Å²) in [4.78, 5) is 11.7. The predicted molar refractivity (Wildman–Crippen MR) is 54.8 cm³/mol. The van der Waals surface area contributed by atoms with Gasteiger partial charge in [-0.15, -0.1) is 12.6 Å². The number of methoxy groups -OCH3 is 1. The van der Waals surface area contributed by atoms with E-state index in [1.165, 1.54) is 13.2 Å². The molecule has 72 valence electrons. The van der Waals surface area contributed by atoms with Gasteiger partial charge in [-0.2, -0.15) is 5.26 Å². The Hall–Kier alpha value is -1.18. The summed E-state index contributed by atoms with van der Waals surface area (Å²) in [7, 11) is 1.23. The molecular weight excluding hydrogens is 222 g/mol. The second kappa shape index (κ2) is 4.36. The molecule has 0 heterocycles. The lowest BCUT2D eigenvalue weighted by atomic mass is 10.1. The zero-order valence-corrected chi connectivity index (χ0v) is 8.89. The lowest BCUT2D eigenvalue weighted by Crippen LogP contribution is -2.05. The van der Waals surface area contributed by atoms with E-state index in [4.69, 9.17) is 16.9 Å². The van der Waals surface area contributed by atoms with Gasteiger partial charge < -0.3 is 4.74 Å². The maximum Gasteiger partial charge on any atom is 0.340 e. The van der Waals surface area contributed by atoms with Crippen LogP contribution in [0.25, 0.3) is 0 Å². The van der Waals surface area contributed by atoms with Crippen LogP contribution in [0.4, 0.5) is 0 Å². The van der Waals surface area contributed by atoms with Gasteiger partial charge in [-0.1, -0.05) is 11.6 Å². The monoisotopic (exact) mass is 227 g/mol. The van der Waals surface area contributed by atoms with Crippen LogP contribution >= 0.6 is 24.2 Å². The Kier molecular flexibility index (Phi) is 3.39. The van der Waals surface area contributed by atoms with Crippen molar-refractivity contribution in [3.63, 3.8) is 0 Å². The number of hydrogen-bond donors (Lipinski definition) is 1. The van der Waals surface area contributed by atoms with Crippen LogP contribution in [0.1, 0.15) is 15.9 Å². The van der Waals surface area contributed by atoms with Gasteiger partial charge in [0.25, 0.3) is 0 Å². The Balaban J connectivity index is 3.47. The summed E-state index contributed by atoms with van der Waals surface area (Å²) < 4.78 is 4.52. The lowest BCUT2D eigenvalue weighted by Gasteiger charge is -2.05. The summed E-state index contributed by atoms with van der Waals surface area (Å²) in [5.74, 6) is -0.617. The number of rotatable bonds is 1. The van der Waals surface area contributed by atoms with Gasteiger partial charge >= 0.3 is 5.97 Å². The molecule has 1 rings (SSSR count). The molecule has 3 nitrogen and oxygen atoms in total. The molecule has 0 atom stereocenters. The number of esters is 1. The topological polar surface area (TPSA) is 50.1 Å². The van der Waals surface area contributed by atoms with Gasteiger partial charge in [0.1, 0.15) is 6.07 Å². The lowest BCUT2D eigenvalue weighted by molar-refractivity contribution is 0.0596. The molecule has 0 N–H and O–H groups in total. The van der Waals surface area contributed by atoms with E-state index in [9.17, 15) is 4.79 Å². The van der Waals surface area contributed by atoms with E-state index in [2.05, 4.69) is 17.4 Å². The van der Waals surface area contributed by atoms with Gasteiger partial charge in [0.05, 0.1) is 23.3 Å². The highest BCUT2D eigenvalue weighted by Gasteiger charge is 2.17.